The van der Waals surface area contributed by atoms with Crippen molar-refractivity contribution in [3.8, 4) is 28.7 Å². The van der Waals surface area contributed by atoms with Gasteiger partial charge < -0.3 is 33.3 Å². The molecule has 29 heavy (non-hydrogen) atoms. The molecule has 0 heterocycles. The van der Waals surface area contributed by atoms with Crippen molar-refractivity contribution in [3.05, 3.63) is 41.5 Å². The van der Waals surface area contributed by atoms with Gasteiger partial charge in [0.15, 0.2) is 11.5 Å². The Labute approximate surface area is 214 Å². The standard InChI is InChI=1S/C18H21O8P.2Na/c1-22-14-8-7-13(15(11-14)26-27(19,20)21)6-5-12-9-16(23-2)18(25-4)17(10-12)24-3;;/h5-11H,1-4H3,(H2,19,20,21);;/q;;+1/p-1/b6-5-;;. The van der Waals surface area contributed by atoms with E-state index in [0.29, 0.717) is 34.1 Å². The van der Waals surface area contributed by atoms with Crippen LogP contribution in [-0.4, -0.2) is 62.9 Å². The van der Waals surface area contributed by atoms with E-state index in [9.17, 15) is 9.46 Å². The Morgan fingerprint density at radius 2 is 1.48 bits per heavy atom. The van der Waals surface area contributed by atoms with Gasteiger partial charge in [-0.1, -0.05) is 12.2 Å². The maximum Gasteiger partial charge on any atom is 1.00 e. The number of phosphoric acid groups is 1. The molecule has 2 rings (SSSR count). The van der Waals surface area contributed by atoms with Crippen molar-refractivity contribution in [2.24, 2.45) is 0 Å². The molecule has 0 bridgehead atoms. The van der Waals surface area contributed by atoms with Gasteiger partial charge in [0.25, 0.3) is 0 Å². The van der Waals surface area contributed by atoms with E-state index in [1.54, 1.807) is 36.4 Å². The number of benzene rings is 2. The summed E-state index contributed by atoms with van der Waals surface area (Å²) in [6.45, 7) is 0. The summed E-state index contributed by atoms with van der Waals surface area (Å²) in [7, 11) is 0.980. The topological polar surface area (TPSA) is 107 Å². The van der Waals surface area contributed by atoms with Gasteiger partial charge in [-0.3, -0.25) is 4.57 Å². The summed E-state index contributed by atoms with van der Waals surface area (Å²) in [6.07, 6.45) is 3.32. The average molecular weight is 441 g/mol. The summed E-state index contributed by atoms with van der Waals surface area (Å²) in [6, 6.07) is 8.04. The fraction of sp³-hybridized carbons (Fsp3) is 0.222. The molecule has 2 aromatic rings. The second kappa shape index (κ2) is 12.9. The van der Waals surface area contributed by atoms with Gasteiger partial charge in [0, 0.05) is 41.2 Å². The molecule has 0 spiro atoms. The number of rotatable bonds is 8. The van der Waals surface area contributed by atoms with Crippen LogP contribution >= 0.6 is 7.82 Å². The Hall–Kier alpha value is -0.670. The Balaban J connectivity index is 0.00000392. The summed E-state index contributed by atoms with van der Waals surface area (Å²) in [4.78, 5) is 20.1. The third-order valence-electron chi connectivity index (χ3n) is 3.58. The molecule has 0 amide bonds. The molecule has 8 nitrogen and oxygen atoms in total. The third kappa shape index (κ3) is 8.17. The van der Waals surface area contributed by atoms with Gasteiger partial charge in [0.1, 0.15) is 11.5 Å². The molecule has 1 atom stereocenters. The maximum atomic E-state index is 11.1. The van der Waals surface area contributed by atoms with Gasteiger partial charge in [-0.25, -0.2) is 0 Å². The zero-order chi connectivity index (χ0) is 20.0. The minimum atomic E-state index is -4.97. The molecular formula is C18H20Na2O8P. The summed E-state index contributed by atoms with van der Waals surface area (Å²) < 4.78 is 36.7. The molecule has 11 heteroatoms. The van der Waals surface area contributed by atoms with Crippen molar-refractivity contribution in [2.45, 2.75) is 0 Å². The molecule has 0 fully saturated rings. The maximum absolute atomic E-state index is 11.1. The normalized spacial score (nSPS) is 12.2. The number of methoxy groups -OCH3 is 4. The molecule has 0 aliphatic carbocycles. The molecule has 1 N–H and O–H groups in total. The largest absolute Gasteiger partial charge is 1.00 e. The van der Waals surface area contributed by atoms with E-state index < -0.39 is 7.82 Å². The quantitative estimate of drug-likeness (QED) is 0.328. The minimum Gasteiger partial charge on any atom is -0.746 e. The van der Waals surface area contributed by atoms with Crippen molar-refractivity contribution < 1.29 is 67.4 Å². The second-order valence-corrected chi connectivity index (χ2v) is 6.38. The van der Waals surface area contributed by atoms with Crippen molar-refractivity contribution in [3.63, 3.8) is 0 Å². The SMILES string of the molecule is COc1ccc(/C=C\c2cc(OC)c(OC)c(OC)c2)c(OP(=O)([O-])O)c1.[Na+].[Na]. The van der Waals surface area contributed by atoms with Crippen LogP contribution in [0.2, 0.25) is 0 Å². The van der Waals surface area contributed by atoms with Crippen LogP contribution in [-0.2, 0) is 4.57 Å². The Morgan fingerprint density at radius 1 is 0.897 bits per heavy atom. The summed E-state index contributed by atoms with van der Waals surface area (Å²) in [5.41, 5.74) is 1.12. The smallest absolute Gasteiger partial charge is 0.746 e. The molecule has 0 saturated heterocycles. The van der Waals surface area contributed by atoms with Crippen molar-refractivity contribution in [2.75, 3.05) is 28.4 Å². The average Bonchev–Trinajstić information content (AvgIpc) is 2.64. The van der Waals surface area contributed by atoms with E-state index in [2.05, 4.69) is 4.52 Å². The molecule has 0 aromatic heterocycles. The molecule has 0 saturated carbocycles. The fourth-order valence-corrected chi connectivity index (χ4v) is 2.77. The third-order valence-corrected chi connectivity index (χ3v) is 4.00. The van der Waals surface area contributed by atoms with Gasteiger partial charge >= 0.3 is 37.4 Å². The van der Waals surface area contributed by atoms with E-state index >= 15 is 0 Å². The first-order chi connectivity index (χ1) is 12.8. The van der Waals surface area contributed by atoms with E-state index in [0.717, 1.165) is 0 Å². The first kappa shape index (κ1) is 28.3. The molecule has 147 valence electrons. The Bertz CT molecular complexity index is 857. The zero-order valence-electron chi connectivity index (χ0n) is 17.3. The van der Waals surface area contributed by atoms with Crippen LogP contribution in [0.1, 0.15) is 11.1 Å². The van der Waals surface area contributed by atoms with Crippen molar-refractivity contribution in [1.82, 2.24) is 0 Å². The van der Waals surface area contributed by atoms with Crippen LogP contribution < -0.4 is 57.9 Å². The van der Waals surface area contributed by atoms with Gasteiger partial charge in [0.2, 0.25) is 5.75 Å². The first-order valence-electron chi connectivity index (χ1n) is 7.70. The summed E-state index contributed by atoms with van der Waals surface area (Å²) in [5, 5.41) is 0. The number of hydrogen-bond donors (Lipinski definition) is 1. The van der Waals surface area contributed by atoms with Crippen molar-refractivity contribution in [1.29, 1.82) is 0 Å². The summed E-state index contributed by atoms with van der Waals surface area (Å²) in [5.74, 6) is 1.71. The monoisotopic (exact) mass is 441 g/mol. The number of phosphoric ester groups is 1. The Morgan fingerprint density at radius 3 is 1.93 bits per heavy atom. The van der Waals surface area contributed by atoms with Crippen LogP contribution in [0.25, 0.3) is 12.2 Å². The van der Waals surface area contributed by atoms with Crippen LogP contribution in [0.4, 0.5) is 0 Å². The van der Waals surface area contributed by atoms with Crippen LogP contribution in [0.3, 0.4) is 0 Å². The van der Waals surface area contributed by atoms with Gasteiger partial charge in [-0.15, -0.1) is 0 Å². The van der Waals surface area contributed by atoms with Gasteiger partial charge in [0.05, 0.1) is 28.4 Å². The van der Waals surface area contributed by atoms with Crippen LogP contribution in [0.5, 0.6) is 28.7 Å². The number of hydrogen-bond acceptors (Lipinski definition) is 7. The van der Waals surface area contributed by atoms with Gasteiger partial charge in [-0.05, 0) is 29.8 Å². The van der Waals surface area contributed by atoms with E-state index in [1.165, 1.54) is 34.5 Å². The molecule has 0 aliphatic heterocycles. The fourth-order valence-electron chi connectivity index (χ4n) is 2.37. The molecule has 0 aliphatic rings. The molecule has 1 unspecified atom stereocenters. The van der Waals surface area contributed by atoms with E-state index in [4.69, 9.17) is 23.8 Å². The van der Waals surface area contributed by atoms with E-state index in [1.807, 2.05) is 0 Å². The predicted molar refractivity (Wildman–Crippen MR) is 104 cm³/mol. The van der Waals surface area contributed by atoms with Crippen LogP contribution in [0.15, 0.2) is 30.3 Å². The predicted octanol–water partition coefficient (Wildman–Crippen LogP) is -0.646. The second-order valence-electron chi connectivity index (χ2n) is 5.26. The van der Waals surface area contributed by atoms with Gasteiger partial charge in [-0.2, -0.15) is 0 Å². The van der Waals surface area contributed by atoms with Crippen molar-refractivity contribution >= 4 is 49.5 Å². The first-order valence-corrected chi connectivity index (χ1v) is 9.20. The zero-order valence-corrected chi connectivity index (χ0v) is 22.2. The summed E-state index contributed by atoms with van der Waals surface area (Å²) >= 11 is 0. The minimum absolute atomic E-state index is 0. The molecule has 1 radical (unpaired) electrons. The number of ether oxygens (including phenoxy) is 4. The molecular weight excluding hydrogens is 421 g/mol. The Kier molecular flexibility index (Phi) is 12.6. The van der Waals surface area contributed by atoms with E-state index in [-0.39, 0.29) is 64.9 Å². The molecule has 2 aromatic carbocycles. The van der Waals surface area contributed by atoms with Crippen LogP contribution in [0, 0.1) is 0 Å².